The summed E-state index contributed by atoms with van der Waals surface area (Å²) in [5, 5.41) is 2.74. The van der Waals surface area contributed by atoms with E-state index in [1.807, 2.05) is 32.0 Å². The average molecular weight is 304 g/mol. The summed E-state index contributed by atoms with van der Waals surface area (Å²) in [5.41, 5.74) is 2.80. The molecule has 0 spiro atoms. The molecular formula is C18H28N2O2. The molecule has 4 heteroatoms. The van der Waals surface area contributed by atoms with Gasteiger partial charge in [-0.3, -0.25) is 9.59 Å². The maximum absolute atomic E-state index is 12.4. The van der Waals surface area contributed by atoms with E-state index in [2.05, 4.69) is 19.2 Å². The highest BCUT2D eigenvalue weighted by atomic mass is 16.2. The van der Waals surface area contributed by atoms with Crippen LogP contribution in [0.15, 0.2) is 18.2 Å². The molecule has 0 bridgehead atoms. The molecule has 0 unspecified atom stereocenters. The Bertz CT molecular complexity index is 504. The maximum atomic E-state index is 12.4. The van der Waals surface area contributed by atoms with Gasteiger partial charge < -0.3 is 10.2 Å². The van der Waals surface area contributed by atoms with Crippen LogP contribution in [-0.4, -0.2) is 29.8 Å². The Labute approximate surface area is 133 Å². The molecule has 0 aliphatic rings. The van der Waals surface area contributed by atoms with Crippen molar-refractivity contribution in [3.05, 3.63) is 29.3 Å². The van der Waals surface area contributed by atoms with E-state index in [9.17, 15) is 9.59 Å². The van der Waals surface area contributed by atoms with E-state index in [4.69, 9.17) is 0 Å². The highest BCUT2D eigenvalue weighted by Crippen LogP contribution is 2.16. The van der Waals surface area contributed by atoms with Gasteiger partial charge in [0.1, 0.15) is 0 Å². The van der Waals surface area contributed by atoms with E-state index >= 15 is 0 Å². The summed E-state index contributed by atoms with van der Waals surface area (Å²) in [7, 11) is 0. The second-order valence-electron chi connectivity index (χ2n) is 5.77. The fraction of sp³-hybridized carbons (Fsp3) is 0.556. The van der Waals surface area contributed by atoms with Crippen molar-refractivity contribution in [1.82, 2.24) is 4.90 Å². The zero-order valence-electron chi connectivity index (χ0n) is 14.2. The predicted molar refractivity (Wildman–Crippen MR) is 90.9 cm³/mol. The highest BCUT2D eigenvalue weighted by Gasteiger charge is 2.21. The fourth-order valence-corrected chi connectivity index (χ4v) is 2.29. The quantitative estimate of drug-likeness (QED) is 0.781. The molecule has 0 radical (unpaired) electrons. The van der Waals surface area contributed by atoms with Crippen molar-refractivity contribution in [1.29, 1.82) is 0 Å². The summed E-state index contributed by atoms with van der Waals surface area (Å²) in [6.07, 6.45) is 3.86. The number of rotatable bonds is 7. The molecular weight excluding hydrogens is 276 g/mol. The first-order valence-corrected chi connectivity index (χ1v) is 8.17. The first kappa shape index (κ1) is 18.2. The minimum Gasteiger partial charge on any atom is -0.334 e. The van der Waals surface area contributed by atoms with E-state index in [0.29, 0.717) is 18.8 Å². The van der Waals surface area contributed by atoms with Crippen LogP contribution in [0.5, 0.6) is 0 Å². The third-order valence-corrected chi connectivity index (χ3v) is 3.67. The van der Waals surface area contributed by atoms with E-state index in [1.165, 1.54) is 0 Å². The third kappa shape index (κ3) is 5.51. The van der Waals surface area contributed by atoms with Crippen LogP contribution in [0.25, 0.3) is 0 Å². The Hall–Kier alpha value is -1.84. The molecule has 0 saturated carbocycles. The van der Waals surface area contributed by atoms with Crippen LogP contribution in [0, 0.1) is 13.8 Å². The topological polar surface area (TPSA) is 49.4 Å². The van der Waals surface area contributed by atoms with Gasteiger partial charge in [-0.15, -0.1) is 0 Å². The molecule has 0 atom stereocenters. The van der Waals surface area contributed by atoms with Gasteiger partial charge in [-0.25, -0.2) is 0 Å². The van der Waals surface area contributed by atoms with E-state index in [0.717, 1.165) is 36.8 Å². The number of benzene rings is 1. The molecule has 0 aliphatic carbocycles. The van der Waals surface area contributed by atoms with Gasteiger partial charge in [0.15, 0.2) is 0 Å². The zero-order chi connectivity index (χ0) is 16.5. The molecule has 0 aromatic heterocycles. The minimum absolute atomic E-state index is 0.429. The summed E-state index contributed by atoms with van der Waals surface area (Å²) in [6, 6.07) is 5.77. The lowest BCUT2D eigenvalue weighted by Crippen LogP contribution is -2.41. The lowest BCUT2D eigenvalue weighted by Gasteiger charge is -2.22. The van der Waals surface area contributed by atoms with Crippen LogP contribution in [0.1, 0.15) is 50.7 Å². The number of carbonyl (C=O) groups excluding carboxylic acids is 2. The number of nitrogens with zero attached hydrogens (tertiary/aromatic N) is 1. The van der Waals surface area contributed by atoms with Gasteiger partial charge in [0.2, 0.25) is 0 Å². The SMILES string of the molecule is CCCCN(CCCC)C(=O)C(=O)Nc1ccc(C)cc1C. The van der Waals surface area contributed by atoms with E-state index in [-0.39, 0.29) is 0 Å². The Kier molecular flexibility index (Phi) is 7.64. The monoisotopic (exact) mass is 304 g/mol. The number of hydrogen-bond acceptors (Lipinski definition) is 2. The van der Waals surface area contributed by atoms with Crippen molar-refractivity contribution < 1.29 is 9.59 Å². The minimum atomic E-state index is -0.542. The van der Waals surface area contributed by atoms with Crippen molar-refractivity contribution in [3.8, 4) is 0 Å². The van der Waals surface area contributed by atoms with Gasteiger partial charge in [0.05, 0.1) is 0 Å². The van der Waals surface area contributed by atoms with Crippen molar-refractivity contribution in [2.24, 2.45) is 0 Å². The molecule has 0 heterocycles. The summed E-state index contributed by atoms with van der Waals surface area (Å²) in [5.74, 6) is -0.971. The molecule has 0 aliphatic heterocycles. The Morgan fingerprint density at radius 2 is 1.64 bits per heavy atom. The summed E-state index contributed by atoms with van der Waals surface area (Å²) in [6.45, 7) is 9.39. The molecule has 1 N–H and O–H groups in total. The second kappa shape index (κ2) is 9.23. The van der Waals surface area contributed by atoms with Gasteiger partial charge in [-0.2, -0.15) is 0 Å². The molecule has 2 amide bonds. The largest absolute Gasteiger partial charge is 0.334 e. The van der Waals surface area contributed by atoms with Crippen LogP contribution in [-0.2, 0) is 9.59 Å². The van der Waals surface area contributed by atoms with Gasteiger partial charge in [0, 0.05) is 18.8 Å². The van der Waals surface area contributed by atoms with Crippen LogP contribution < -0.4 is 5.32 Å². The molecule has 0 fully saturated rings. The van der Waals surface area contributed by atoms with Gasteiger partial charge in [-0.1, -0.05) is 44.4 Å². The fourth-order valence-electron chi connectivity index (χ4n) is 2.29. The van der Waals surface area contributed by atoms with Crippen LogP contribution in [0.4, 0.5) is 5.69 Å². The van der Waals surface area contributed by atoms with Crippen molar-refractivity contribution in [2.75, 3.05) is 18.4 Å². The molecule has 1 rings (SSSR count). The number of hydrogen-bond donors (Lipinski definition) is 1. The molecule has 122 valence electrons. The number of anilines is 1. The second-order valence-corrected chi connectivity index (χ2v) is 5.77. The van der Waals surface area contributed by atoms with Crippen LogP contribution in [0.2, 0.25) is 0 Å². The first-order chi connectivity index (χ1) is 10.5. The number of aryl methyl sites for hydroxylation is 2. The smallest absolute Gasteiger partial charge is 0.313 e. The van der Waals surface area contributed by atoms with Crippen molar-refractivity contribution >= 4 is 17.5 Å². The summed E-state index contributed by atoms with van der Waals surface area (Å²) in [4.78, 5) is 26.2. The normalized spacial score (nSPS) is 10.4. The number of nitrogens with one attached hydrogen (secondary N) is 1. The zero-order valence-corrected chi connectivity index (χ0v) is 14.2. The summed E-state index contributed by atoms with van der Waals surface area (Å²) < 4.78 is 0. The van der Waals surface area contributed by atoms with E-state index in [1.54, 1.807) is 4.90 Å². The number of amides is 2. The van der Waals surface area contributed by atoms with Crippen molar-refractivity contribution in [3.63, 3.8) is 0 Å². The Morgan fingerprint density at radius 3 is 2.14 bits per heavy atom. The molecule has 0 saturated heterocycles. The lowest BCUT2D eigenvalue weighted by molar-refractivity contribution is -0.143. The molecule has 4 nitrogen and oxygen atoms in total. The van der Waals surface area contributed by atoms with Crippen LogP contribution in [0.3, 0.4) is 0 Å². The van der Waals surface area contributed by atoms with E-state index < -0.39 is 11.8 Å². The molecule has 1 aromatic rings. The van der Waals surface area contributed by atoms with Crippen LogP contribution >= 0.6 is 0 Å². The first-order valence-electron chi connectivity index (χ1n) is 8.17. The van der Waals surface area contributed by atoms with Crippen molar-refractivity contribution in [2.45, 2.75) is 53.4 Å². The Balaban J connectivity index is 2.73. The van der Waals surface area contributed by atoms with Gasteiger partial charge in [-0.05, 0) is 38.3 Å². The average Bonchev–Trinajstić information content (AvgIpc) is 2.49. The number of carbonyl (C=O) groups is 2. The van der Waals surface area contributed by atoms with Gasteiger partial charge in [0.25, 0.3) is 0 Å². The highest BCUT2D eigenvalue weighted by molar-refractivity contribution is 6.39. The predicted octanol–water partition coefficient (Wildman–Crippen LogP) is 3.67. The third-order valence-electron chi connectivity index (χ3n) is 3.67. The lowest BCUT2D eigenvalue weighted by atomic mass is 10.1. The molecule has 22 heavy (non-hydrogen) atoms. The summed E-state index contributed by atoms with van der Waals surface area (Å²) >= 11 is 0. The Morgan fingerprint density at radius 1 is 1.05 bits per heavy atom. The standard InChI is InChI=1S/C18H28N2O2/c1-5-7-11-20(12-8-6-2)18(22)17(21)19-16-10-9-14(3)13-15(16)4/h9-10,13H,5-8,11-12H2,1-4H3,(H,19,21). The van der Waals surface area contributed by atoms with Gasteiger partial charge >= 0.3 is 11.8 Å². The molecule has 1 aromatic carbocycles. The maximum Gasteiger partial charge on any atom is 0.313 e. The number of unbranched alkanes of at least 4 members (excludes halogenated alkanes) is 2.